The predicted octanol–water partition coefficient (Wildman–Crippen LogP) is 4.19. The van der Waals surface area contributed by atoms with Crippen LogP contribution < -0.4 is 27.5 Å². The maximum absolute atomic E-state index is 13.3. The minimum Gasteiger partial charge on any atom is -0.388 e. The first-order valence-corrected chi connectivity index (χ1v) is 12.3. The van der Waals surface area contributed by atoms with Crippen molar-refractivity contribution in [2.24, 2.45) is 17.5 Å². The second-order valence-electron chi connectivity index (χ2n) is 8.78. The predicted molar refractivity (Wildman–Crippen MR) is 145 cm³/mol. The Morgan fingerprint density at radius 1 is 1.19 bits per heavy atom. The van der Waals surface area contributed by atoms with Crippen molar-refractivity contribution in [3.63, 3.8) is 0 Å². The number of nitrogens with two attached hydrogens (primary N) is 2. The summed E-state index contributed by atoms with van der Waals surface area (Å²) in [7, 11) is 0. The van der Waals surface area contributed by atoms with Gasteiger partial charge in [-0.15, -0.1) is 0 Å². The summed E-state index contributed by atoms with van der Waals surface area (Å²) in [5, 5.41) is 4.60. The molecule has 0 radical (unpaired) electrons. The average molecular weight is 529 g/mol. The van der Waals surface area contributed by atoms with E-state index in [4.69, 9.17) is 34.8 Å². The van der Waals surface area contributed by atoms with Gasteiger partial charge in [-0.1, -0.05) is 67.4 Å². The van der Waals surface area contributed by atoms with Crippen LogP contribution in [0, 0.1) is 5.92 Å². The number of amides is 1. The minimum absolute atomic E-state index is 0.0194. The van der Waals surface area contributed by atoms with Crippen molar-refractivity contribution >= 4 is 34.8 Å². The van der Waals surface area contributed by atoms with Crippen LogP contribution in [-0.4, -0.2) is 22.0 Å². The normalized spacial score (nSPS) is 12.4. The van der Waals surface area contributed by atoms with Gasteiger partial charge in [-0.3, -0.25) is 19.2 Å². The van der Waals surface area contributed by atoms with Gasteiger partial charge in [0.15, 0.2) is 0 Å². The van der Waals surface area contributed by atoms with E-state index in [-0.39, 0.29) is 16.6 Å². The van der Waals surface area contributed by atoms with Gasteiger partial charge >= 0.3 is 0 Å². The van der Waals surface area contributed by atoms with Crippen molar-refractivity contribution in [1.82, 2.24) is 14.9 Å². The van der Waals surface area contributed by atoms with E-state index in [1.165, 1.54) is 28.2 Å². The highest BCUT2D eigenvalue weighted by Gasteiger charge is 2.23. The van der Waals surface area contributed by atoms with Gasteiger partial charge in [-0.05, 0) is 36.1 Å². The van der Waals surface area contributed by atoms with Crippen LogP contribution in [0.2, 0.25) is 5.02 Å². The molecule has 0 saturated heterocycles. The van der Waals surface area contributed by atoms with Gasteiger partial charge in [0.25, 0.3) is 5.56 Å². The second kappa shape index (κ2) is 12.6. The quantitative estimate of drug-likeness (QED) is 0.206. The Bertz CT molecular complexity index is 1270. The number of carbonyl (C=O) groups excluding carboxylic acids is 1. The minimum atomic E-state index is -0.766. The standard InChI is InChI=1S/C26H30Cl2N6O2/c1-17(2)10-11-31-26(36)23(12-18-6-4-3-5-7-18)33-16-32-21(14-25(33)35)20-13-19(27)8-9-22(20)34(30)15-24(28)29/h3-9,13-17,23H,10-12,29-30H2,1-2H3,(H,31,36)/b24-15-. The van der Waals surface area contributed by atoms with Gasteiger partial charge in [0.1, 0.15) is 11.2 Å². The summed E-state index contributed by atoms with van der Waals surface area (Å²) >= 11 is 12.0. The largest absolute Gasteiger partial charge is 0.388 e. The molecular formula is C26H30Cl2N6O2. The maximum atomic E-state index is 13.3. The number of hydrazine groups is 1. The Balaban J connectivity index is 1.99. The number of benzene rings is 2. The number of hydrogen-bond acceptors (Lipinski definition) is 6. The molecule has 8 nitrogen and oxygen atoms in total. The van der Waals surface area contributed by atoms with Crippen LogP contribution in [0.25, 0.3) is 11.3 Å². The first-order chi connectivity index (χ1) is 17.2. The molecule has 36 heavy (non-hydrogen) atoms. The first kappa shape index (κ1) is 27.3. The van der Waals surface area contributed by atoms with Crippen molar-refractivity contribution in [2.45, 2.75) is 32.7 Å². The lowest BCUT2D eigenvalue weighted by Crippen LogP contribution is -2.39. The second-order valence-corrected chi connectivity index (χ2v) is 9.65. The fourth-order valence-electron chi connectivity index (χ4n) is 3.69. The zero-order valence-corrected chi connectivity index (χ0v) is 21.7. The van der Waals surface area contributed by atoms with Gasteiger partial charge < -0.3 is 11.1 Å². The zero-order valence-electron chi connectivity index (χ0n) is 20.2. The van der Waals surface area contributed by atoms with Gasteiger partial charge in [-0.2, -0.15) is 0 Å². The smallest absolute Gasteiger partial charge is 0.254 e. The first-order valence-electron chi connectivity index (χ1n) is 11.5. The van der Waals surface area contributed by atoms with Crippen molar-refractivity contribution in [1.29, 1.82) is 0 Å². The van der Waals surface area contributed by atoms with E-state index >= 15 is 0 Å². The lowest BCUT2D eigenvalue weighted by Gasteiger charge is -2.21. The van der Waals surface area contributed by atoms with E-state index in [2.05, 4.69) is 24.1 Å². The van der Waals surface area contributed by atoms with Crippen LogP contribution in [0.1, 0.15) is 31.9 Å². The third kappa shape index (κ3) is 7.34. The molecule has 0 spiro atoms. The number of rotatable bonds is 10. The van der Waals surface area contributed by atoms with E-state index in [0.29, 0.717) is 40.9 Å². The SMILES string of the molecule is CC(C)CCNC(=O)C(Cc1ccccc1)n1cnc(-c2cc(Cl)ccc2N(N)/C=C(\N)Cl)cc1=O. The molecule has 3 rings (SSSR count). The van der Waals surface area contributed by atoms with Crippen molar-refractivity contribution in [3.05, 3.63) is 93.2 Å². The lowest BCUT2D eigenvalue weighted by atomic mass is 10.0. The molecule has 2 aromatic carbocycles. The molecule has 1 aromatic heterocycles. The summed E-state index contributed by atoms with van der Waals surface area (Å²) in [6, 6.07) is 15.1. The number of halogens is 2. The molecule has 1 unspecified atom stereocenters. The number of hydrogen-bond donors (Lipinski definition) is 3. The number of carbonyl (C=O) groups is 1. The number of nitrogens with zero attached hydrogens (tertiary/aromatic N) is 3. The number of anilines is 1. The third-order valence-electron chi connectivity index (χ3n) is 5.54. The Hall–Kier alpha value is -3.33. The van der Waals surface area contributed by atoms with Gasteiger partial charge in [0, 0.05) is 29.6 Å². The number of nitrogens with one attached hydrogen (secondary N) is 1. The van der Waals surface area contributed by atoms with Gasteiger partial charge in [0.2, 0.25) is 5.91 Å². The highest BCUT2D eigenvalue weighted by Crippen LogP contribution is 2.31. The molecule has 10 heteroatoms. The topological polar surface area (TPSA) is 119 Å². The van der Waals surface area contributed by atoms with Crippen molar-refractivity contribution < 1.29 is 4.79 Å². The maximum Gasteiger partial charge on any atom is 0.254 e. The average Bonchev–Trinajstić information content (AvgIpc) is 2.82. The third-order valence-corrected chi connectivity index (χ3v) is 5.87. The molecule has 0 aliphatic heterocycles. The Morgan fingerprint density at radius 2 is 1.92 bits per heavy atom. The van der Waals surface area contributed by atoms with Crippen LogP contribution in [0.4, 0.5) is 5.69 Å². The molecule has 190 valence electrons. The molecule has 1 atom stereocenters. The summed E-state index contributed by atoms with van der Waals surface area (Å²) in [6.07, 6.45) is 3.88. The van der Waals surface area contributed by atoms with Gasteiger partial charge in [0.05, 0.1) is 23.9 Å². The summed E-state index contributed by atoms with van der Waals surface area (Å²) in [5.41, 5.74) is 7.41. The molecule has 0 aliphatic rings. The van der Waals surface area contributed by atoms with E-state index in [1.807, 2.05) is 30.3 Å². The summed E-state index contributed by atoms with van der Waals surface area (Å²) < 4.78 is 1.35. The van der Waals surface area contributed by atoms with Crippen LogP contribution in [0.15, 0.2) is 77.1 Å². The van der Waals surface area contributed by atoms with E-state index in [9.17, 15) is 9.59 Å². The van der Waals surface area contributed by atoms with Gasteiger partial charge in [-0.25, -0.2) is 10.8 Å². The highest BCUT2D eigenvalue weighted by atomic mass is 35.5. The van der Waals surface area contributed by atoms with Crippen LogP contribution in [0.3, 0.4) is 0 Å². The van der Waals surface area contributed by atoms with E-state index in [1.54, 1.807) is 18.2 Å². The number of aromatic nitrogens is 2. The van der Waals surface area contributed by atoms with E-state index in [0.717, 1.165) is 12.0 Å². The van der Waals surface area contributed by atoms with Crippen LogP contribution in [0.5, 0.6) is 0 Å². The summed E-state index contributed by atoms with van der Waals surface area (Å²) in [6.45, 7) is 4.70. The van der Waals surface area contributed by atoms with E-state index < -0.39 is 6.04 Å². The highest BCUT2D eigenvalue weighted by molar-refractivity contribution is 6.31. The van der Waals surface area contributed by atoms with Crippen molar-refractivity contribution in [3.8, 4) is 11.3 Å². The molecule has 0 aliphatic carbocycles. The molecule has 3 aromatic rings. The molecule has 0 fully saturated rings. The zero-order chi connectivity index (χ0) is 26.2. The van der Waals surface area contributed by atoms with Crippen LogP contribution >= 0.6 is 23.2 Å². The Labute approximate surface area is 220 Å². The summed E-state index contributed by atoms with van der Waals surface area (Å²) in [4.78, 5) is 30.9. The van der Waals surface area contributed by atoms with Crippen LogP contribution in [-0.2, 0) is 11.2 Å². The summed E-state index contributed by atoms with van der Waals surface area (Å²) in [5.74, 6) is 6.28. The monoisotopic (exact) mass is 528 g/mol. The fraction of sp³-hybridized carbons (Fsp3) is 0.269. The molecule has 1 amide bonds. The molecule has 1 heterocycles. The lowest BCUT2D eigenvalue weighted by molar-refractivity contribution is -0.124. The van der Waals surface area contributed by atoms with Crippen molar-refractivity contribution in [2.75, 3.05) is 11.6 Å². The fourth-order valence-corrected chi connectivity index (χ4v) is 3.97. The molecule has 5 N–H and O–H groups in total. The molecule has 0 saturated carbocycles. The molecule has 0 bridgehead atoms. The Morgan fingerprint density at radius 3 is 2.56 bits per heavy atom. The molecular weight excluding hydrogens is 499 g/mol. The Kier molecular flexibility index (Phi) is 9.52.